The van der Waals surface area contributed by atoms with Crippen LogP contribution < -0.4 is 0 Å². The topological polar surface area (TPSA) is 46.5 Å². The number of carbonyl (C=O) groups excluding carboxylic acids is 1. The Hall–Kier alpha value is -1.61. The lowest BCUT2D eigenvalue weighted by Gasteiger charge is -2.29. The fraction of sp³-hybridized carbons (Fsp3) is 0.591. The van der Waals surface area contributed by atoms with E-state index in [1.54, 1.807) is 6.92 Å². The molecule has 138 valence electrons. The molecule has 0 spiro atoms. The molecule has 3 heteroatoms. The first-order valence-electron chi connectivity index (χ1n) is 9.60. The van der Waals surface area contributed by atoms with Gasteiger partial charge in [-0.15, -0.1) is 0 Å². The van der Waals surface area contributed by atoms with Crippen LogP contribution in [-0.2, 0) is 22.6 Å². The van der Waals surface area contributed by atoms with E-state index < -0.39 is 0 Å². The van der Waals surface area contributed by atoms with Crippen molar-refractivity contribution < 1.29 is 14.6 Å². The molecule has 1 aromatic rings. The quantitative estimate of drug-likeness (QED) is 0.538. The van der Waals surface area contributed by atoms with Crippen LogP contribution in [-0.4, -0.2) is 17.7 Å². The fourth-order valence-corrected chi connectivity index (χ4v) is 3.86. The van der Waals surface area contributed by atoms with Crippen LogP contribution in [0.4, 0.5) is 0 Å². The van der Waals surface area contributed by atoms with E-state index in [2.05, 4.69) is 25.6 Å². The van der Waals surface area contributed by atoms with Crippen molar-refractivity contribution in [1.82, 2.24) is 0 Å². The van der Waals surface area contributed by atoms with Gasteiger partial charge in [0.1, 0.15) is 0 Å². The summed E-state index contributed by atoms with van der Waals surface area (Å²) < 4.78 is 5.21. The Labute approximate surface area is 152 Å². The van der Waals surface area contributed by atoms with Crippen molar-refractivity contribution in [3.63, 3.8) is 0 Å². The number of ether oxygens (including phenoxy) is 1. The molecule has 1 aliphatic carbocycles. The predicted molar refractivity (Wildman–Crippen MR) is 101 cm³/mol. The monoisotopic (exact) mass is 344 g/mol. The van der Waals surface area contributed by atoms with E-state index in [1.807, 2.05) is 6.07 Å². The van der Waals surface area contributed by atoms with Crippen LogP contribution in [0.3, 0.4) is 0 Å². The Balaban J connectivity index is 1.99. The van der Waals surface area contributed by atoms with E-state index >= 15 is 0 Å². The van der Waals surface area contributed by atoms with Crippen molar-refractivity contribution >= 4 is 5.97 Å². The van der Waals surface area contributed by atoms with E-state index in [1.165, 1.54) is 44.1 Å². The molecule has 1 aliphatic rings. The van der Waals surface area contributed by atoms with Crippen LogP contribution in [0.25, 0.3) is 0 Å². The lowest BCUT2D eigenvalue weighted by atomic mass is 9.77. The van der Waals surface area contributed by atoms with Crippen LogP contribution >= 0.6 is 0 Å². The molecule has 1 N–H and O–H groups in total. The van der Waals surface area contributed by atoms with Crippen LogP contribution in [0, 0.1) is 5.92 Å². The molecule has 0 saturated heterocycles. The second kappa shape index (κ2) is 9.76. The second-order valence-electron chi connectivity index (χ2n) is 7.36. The molecule has 1 fully saturated rings. The number of aliphatic hydroxyl groups is 1. The van der Waals surface area contributed by atoms with Crippen LogP contribution in [0.15, 0.2) is 30.4 Å². The van der Waals surface area contributed by atoms with E-state index in [9.17, 15) is 9.90 Å². The molecule has 1 saturated carbocycles. The summed E-state index contributed by atoms with van der Waals surface area (Å²) in [7, 11) is 0. The number of hydrogen-bond donors (Lipinski definition) is 1. The average molecular weight is 344 g/mol. The van der Waals surface area contributed by atoms with E-state index in [0.29, 0.717) is 24.5 Å². The van der Waals surface area contributed by atoms with Gasteiger partial charge in [0.05, 0.1) is 13.2 Å². The standard InChI is InChI=1S/C22H32O3/c1-4-5-17-6-8-18(9-7-17)19-10-11-21(15-23)20(14-19)12-13-25-22(24)16(2)3/h10-11,14,17-18,23H,2,4-9,12-13,15H2,1,3H3. The molecule has 0 aromatic heterocycles. The summed E-state index contributed by atoms with van der Waals surface area (Å²) in [6.07, 6.45) is 8.44. The maximum Gasteiger partial charge on any atom is 0.333 e. The van der Waals surface area contributed by atoms with Gasteiger partial charge in [-0.3, -0.25) is 0 Å². The molecule has 0 atom stereocenters. The zero-order chi connectivity index (χ0) is 18.2. The molecule has 25 heavy (non-hydrogen) atoms. The largest absolute Gasteiger partial charge is 0.462 e. The van der Waals surface area contributed by atoms with Gasteiger partial charge in [0.15, 0.2) is 0 Å². The summed E-state index contributed by atoms with van der Waals surface area (Å²) in [5.74, 6) is 1.17. The first kappa shape index (κ1) is 19.7. The van der Waals surface area contributed by atoms with Crippen LogP contribution in [0.5, 0.6) is 0 Å². The Kier molecular flexibility index (Phi) is 7.70. The molecular weight excluding hydrogens is 312 g/mol. The number of aliphatic hydroxyl groups excluding tert-OH is 1. The molecule has 0 radical (unpaired) electrons. The van der Waals surface area contributed by atoms with Gasteiger partial charge in [0.2, 0.25) is 0 Å². The van der Waals surface area contributed by atoms with Gasteiger partial charge >= 0.3 is 5.97 Å². The van der Waals surface area contributed by atoms with Crippen molar-refractivity contribution in [3.8, 4) is 0 Å². The Morgan fingerprint density at radius 2 is 1.96 bits per heavy atom. The second-order valence-corrected chi connectivity index (χ2v) is 7.36. The first-order valence-corrected chi connectivity index (χ1v) is 9.60. The highest BCUT2D eigenvalue weighted by Gasteiger charge is 2.22. The third kappa shape index (κ3) is 5.71. The maximum atomic E-state index is 11.5. The van der Waals surface area contributed by atoms with Gasteiger partial charge in [0.25, 0.3) is 0 Å². The van der Waals surface area contributed by atoms with Crippen molar-refractivity contribution in [2.45, 2.75) is 71.3 Å². The number of rotatable bonds is 8. The van der Waals surface area contributed by atoms with Gasteiger partial charge in [-0.25, -0.2) is 4.79 Å². The number of carbonyl (C=O) groups is 1. The molecule has 1 aromatic carbocycles. The minimum absolute atomic E-state index is 0.0211. The molecule has 3 nitrogen and oxygen atoms in total. The minimum atomic E-state index is -0.351. The Morgan fingerprint density at radius 3 is 2.56 bits per heavy atom. The van der Waals surface area contributed by atoms with Crippen molar-refractivity contribution in [2.24, 2.45) is 5.92 Å². The molecule has 0 aliphatic heterocycles. The molecule has 2 rings (SSSR count). The summed E-state index contributed by atoms with van der Waals surface area (Å²) in [6, 6.07) is 6.41. The highest BCUT2D eigenvalue weighted by atomic mass is 16.5. The van der Waals surface area contributed by atoms with Crippen LogP contribution in [0.2, 0.25) is 0 Å². The summed E-state index contributed by atoms with van der Waals surface area (Å²) in [5, 5.41) is 9.59. The van der Waals surface area contributed by atoms with Crippen molar-refractivity contribution in [2.75, 3.05) is 6.61 Å². The maximum absolute atomic E-state index is 11.5. The first-order chi connectivity index (χ1) is 12.0. The molecule has 0 heterocycles. The highest BCUT2D eigenvalue weighted by Crippen LogP contribution is 2.38. The lowest BCUT2D eigenvalue weighted by molar-refractivity contribution is -0.138. The number of hydrogen-bond acceptors (Lipinski definition) is 3. The van der Waals surface area contributed by atoms with Crippen molar-refractivity contribution in [3.05, 3.63) is 47.0 Å². The number of benzene rings is 1. The normalized spacial score (nSPS) is 20.3. The Bertz CT molecular complexity index is 583. The van der Waals surface area contributed by atoms with Gasteiger partial charge in [-0.2, -0.15) is 0 Å². The zero-order valence-electron chi connectivity index (χ0n) is 15.7. The van der Waals surface area contributed by atoms with Gasteiger partial charge in [-0.1, -0.05) is 44.5 Å². The number of esters is 1. The fourth-order valence-electron chi connectivity index (χ4n) is 3.86. The molecule has 0 amide bonds. The smallest absolute Gasteiger partial charge is 0.333 e. The lowest BCUT2D eigenvalue weighted by Crippen LogP contribution is -2.14. The summed E-state index contributed by atoms with van der Waals surface area (Å²) in [5.41, 5.74) is 3.80. The highest BCUT2D eigenvalue weighted by molar-refractivity contribution is 5.86. The summed E-state index contributed by atoms with van der Waals surface area (Å²) in [4.78, 5) is 11.5. The van der Waals surface area contributed by atoms with E-state index in [0.717, 1.165) is 17.0 Å². The minimum Gasteiger partial charge on any atom is -0.462 e. The third-order valence-electron chi connectivity index (χ3n) is 5.37. The Morgan fingerprint density at radius 1 is 1.24 bits per heavy atom. The van der Waals surface area contributed by atoms with E-state index in [-0.39, 0.29) is 12.6 Å². The SMILES string of the molecule is C=C(C)C(=O)OCCc1cc(C2CCC(CCC)CC2)ccc1CO. The summed E-state index contributed by atoms with van der Waals surface area (Å²) in [6.45, 7) is 7.86. The van der Waals surface area contributed by atoms with Gasteiger partial charge in [0, 0.05) is 12.0 Å². The average Bonchev–Trinajstić information content (AvgIpc) is 2.62. The van der Waals surface area contributed by atoms with Gasteiger partial charge in [-0.05, 0) is 61.1 Å². The van der Waals surface area contributed by atoms with Gasteiger partial charge < -0.3 is 9.84 Å². The third-order valence-corrected chi connectivity index (χ3v) is 5.37. The summed E-state index contributed by atoms with van der Waals surface area (Å²) >= 11 is 0. The predicted octanol–water partition coefficient (Wildman–Crippen LogP) is 4.91. The van der Waals surface area contributed by atoms with Crippen molar-refractivity contribution in [1.29, 1.82) is 0 Å². The van der Waals surface area contributed by atoms with Crippen LogP contribution in [0.1, 0.15) is 75.0 Å². The zero-order valence-corrected chi connectivity index (χ0v) is 15.7. The molecule has 0 bridgehead atoms. The molecular formula is C22H32O3. The molecule has 0 unspecified atom stereocenters. The van der Waals surface area contributed by atoms with E-state index in [4.69, 9.17) is 4.74 Å².